The number of carbonyl (C=O) groups is 1. The van der Waals surface area contributed by atoms with Gasteiger partial charge in [-0.25, -0.2) is 4.98 Å². The molecule has 2 aliphatic rings. The third kappa shape index (κ3) is 5.53. The molecule has 192 valence electrons. The second-order valence-electron chi connectivity index (χ2n) is 10.4. The first-order chi connectivity index (χ1) is 17.5. The number of rotatable bonds is 7. The van der Waals surface area contributed by atoms with Gasteiger partial charge in [0.25, 0.3) is 0 Å². The molecular weight excluding hydrogens is 452 g/mol. The molecule has 2 saturated heterocycles. The van der Waals surface area contributed by atoms with Crippen LogP contribution in [0.1, 0.15) is 55.4 Å². The molecular formula is C28H38N6O2. The van der Waals surface area contributed by atoms with Gasteiger partial charge in [0.2, 0.25) is 11.8 Å². The zero-order valence-electron chi connectivity index (χ0n) is 21.8. The SMILES string of the molecule is CCn1cnnc1CC1CCN(C(=O)C2CCN(Cc3nc(-c4ccc(C)cc4)oc3C)CC2)CC1. The van der Waals surface area contributed by atoms with Crippen LogP contribution >= 0.6 is 0 Å². The van der Waals surface area contributed by atoms with Crippen molar-refractivity contribution in [3.63, 3.8) is 0 Å². The van der Waals surface area contributed by atoms with Crippen molar-refractivity contribution in [1.82, 2.24) is 29.5 Å². The molecule has 8 nitrogen and oxygen atoms in total. The van der Waals surface area contributed by atoms with Gasteiger partial charge in [-0.2, -0.15) is 0 Å². The molecule has 3 aromatic rings. The topological polar surface area (TPSA) is 80.3 Å². The Labute approximate surface area is 213 Å². The Morgan fingerprint density at radius 2 is 1.75 bits per heavy atom. The molecule has 0 unspecified atom stereocenters. The summed E-state index contributed by atoms with van der Waals surface area (Å²) in [5.41, 5.74) is 3.23. The van der Waals surface area contributed by atoms with Crippen molar-refractivity contribution in [2.45, 2.75) is 66.0 Å². The Balaban J connectivity index is 1.09. The minimum Gasteiger partial charge on any atom is -0.441 e. The van der Waals surface area contributed by atoms with Gasteiger partial charge in [0.05, 0.1) is 5.69 Å². The first kappa shape index (κ1) is 24.7. The smallest absolute Gasteiger partial charge is 0.226 e. The van der Waals surface area contributed by atoms with E-state index in [2.05, 4.69) is 62.7 Å². The van der Waals surface area contributed by atoms with Crippen LogP contribution in [0.3, 0.4) is 0 Å². The van der Waals surface area contributed by atoms with Crippen LogP contribution in [0.4, 0.5) is 0 Å². The summed E-state index contributed by atoms with van der Waals surface area (Å²) in [6.07, 6.45) is 6.71. The van der Waals surface area contributed by atoms with Gasteiger partial charge in [0.1, 0.15) is 17.9 Å². The van der Waals surface area contributed by atoms with Crippen LogP contribution in [-0.2, 0) is 24.3 Å². The summed E-state index contributed by atoms with van der Waals surface area (Å²) in [5, 5.41) is 8.34. The van der Waals surface area contributed by atoms with Crippen molar-refractivity contribution in [3.8, 4) is 11.5 Å². The van der Waals surface area contributed by atoms with Gasteiger partial charge in [0.15, 0.2) is 0 Å². The molecule has 0 N–H and O–H groups in total. The van der Waals surface area contributed by atoms with E-state index in [9.17, 15) is 4.79 Å². The van der Waals surface area contributed by atoms with Gasteiger partial charge < -0.3 is 13.9 Å². The quantitative estimate of drug-likeness (QED) is 0.492. The number of hydrogen-bond acceptors (Lipinski definition) is 6. The molecule has 8 heteroatoms. The summed E-state index contributed by atoms with van der Waals surface area (Å²) in [5.74, 6) is 3.71. The molecule has 36 heavy (non-hydrogen) atoms. The monoisotopic (exact) mass is 490 g/mol. The maximum atomic E-state index is 13.2. The minimum atomic E-state index is 0.141. The molecule has 2 fully saturated rings. The summed E-state index contributed by atoms with van der Waals surface area (Å²) >= 11 is 0. The number of amides is 1. The summed E-state index contributed by atoms with van der Waals surface area (Å²) in [4.78, 5) is 22.5. The normalized spacial score (nSPS) is 18.1. The van der Waals surface area contributed by atoms with E-state index < -0.39 is 0 Å². The summed E-state index contributed by atoms with van der Waals surface area (Å²) in [6, 6.07) is 8.28. The zero-order valence-corrected chi connectivity index (χ0v) is 21.8. The van der Waals surface area contributed by atoms with Crippen LogP contribution < -0.4 is 0 Å². The van der Waals surface area contributed by atoms with E-state index >= 15 is 0 Å². The predicted molar refractivity (Wildman–Crippen MR) is 138 cm³/mol. The molecule has 1 aromatic carbocycles. The Hall–Kier alpha value is -3.00. The standard InChI is InChI=1S/C28H38N6O2/c1-4-33-19-29-31-26(33)17-22-9-15-34(16-10-22)28(35)24-11-13-32(14-12-24)18-25-21(3)36-27(30-25)23-7-5-20(2)6-8-23/h5-8,19,22,24H,4,9-18H2,1-3H3. The van der Waals surface area contributed by atoms with Gasteiger partial charge >= 0.3 is 0 Å². The van der Waals surface area contributed by atoms with Crippen molar-refractivity contribution in [2.75, 3.05) is 26.2 Å². The lowest BCUT2D eigenvalue weighted by Crippen LogP contribution is -2.45. The average molecular weight is 491 g/mol. The fourth-order valence-electron chi connectivity index (χ4n) is 5.52. The number of hydrogen-bond donors (Lipinski definition) is 0. The molecule has 0 spiro atoms. The fourth-order valence-corrected chi connectivity index (χ4v) is 5.52. The molecule has 0 bridgehead atoms. The Morgan fingerprint density at radius 1 is 1.03 bits per heavy atom. The lowest BCUT2D eigenvalue weighted by Gasteiger charge is -2.37. The fraction of sp³-hybridized carbons (Fsp3) is 0.571. The van der Waals surface area contributed by atoms with Gasteiger partial charge in [-0.15, -0.1) is 10.2 Å². The first-order valence-corrected chi connectivity index (χ1v) is 13.4. The second kappa shape index (κ2) is 10.9. The highest BCUT2D eigenvalue weighted by Crippen LogP contribution is 2.27. The van der Waals surface area contributed by atoms with Crippen LogP contribution in [0.5, 0.6) is 0 Å². The Morgan fingerprint density at radius 3 is 2.44 bits per heavy atom. The van der Waals surface area contributed by atoms with Gasteiger partial charge in [0, 0.05) is 44.1 Å². The number of carbonyl (C=O) groups excluding carboxylic acids is 1. The third-order valence-corrected chi connectivity index (χ3v) is 7.94. The number of nitrogens with zero attached hydrogens (tertiary/aromatic N) is 6. The van der Waals surface area contributed by atoms with Crippen LogP contribution in [0.25, 0.3) is 11.5 Å². The maximum Gasteiger partial charge on any atom is 0.226 e. The van der Waals surface area contributed by atoms with Crippen molar-refractivity contribution in [1.29, 1.82) is 0 Å². The van der Waals surface area contributed by atoms with Crippen molar-refractivity contribution >= 4 is 5.91 Å². The van der Waals surface area contributed by atoms with Crippen LogP contribution in [0.2, 0.25) is 0 Å². The molecule has 0 aliphatic carbocycles. The predicted octanol–water partition coefficient (Wildman–Crippen LogP) is 4.26. The Kier molecular flexibility index (Phi) is 7.51. The highest BCUT2D eigenvalue weighted by molar-refractivity contribution is 5.79. The van der Waals surface area contributed by atoms with E-state index in [1.807, 2.05) is 13.3 Å². The zero-order chi connectivity index (χ0) is 25.1. The van der Waals surface area contributed by atoms with E-state index in [1.165, 1.54) is 5.56 Å². The molecule has 0 radical (unpaired) electrons. The largest absolute Gasteiger partial charge is 0.441 e. The molecule has 1 amide bonds. The van der Waals surface area contributed by atoms with Crippen LogP contribution in [0.15, 0.2) is 35.0 Å². The molecule has 4 heterocycles. The molecule has 0 atom stereocenters. The highest BCUT2D eigenvalue weighted by Gasteiger charge is 2.31. The molecule has 2 aromatic heterocycles. The number of aromatic nitrogens is 4. The van der Waals surface area contributed by atoms with Crippen LogP contribution in [0, 0.1) is 25.7 Å². The maximum absolute atomic E-state index is 13.2. The van der Waals surface area contributed by atoms with E-state index in [0.29, 0.717) is 17.7 Å². The van der Waals surface area contributed by atoms with Crippen molar-refractivity contribution in [2.24, 2.45) is 11.8 Å². The lowest BCUT2D eigenvalue weighted by molar-refractivity contribution is -0.138. The van der Waals surface area contributed by atoms with Gasteiger partial charge in [-0.05, 0) is 77.6 Å². The second-order valence-corrected chi connectivity index (χ2v) is 10.4. The van der Waals surface area contributed by atoms with Crippen molar-refractivity contribution in [3.05, 3.63) is 53.4 Å². The van der Waals surface area contributed by atoms with Crippen LogP contribution in [-0.4, -0.2) is 61.6 Å². The number of oxazole rings is 1. The van der Waals surface area contributed by atoms with Gasteiger partial charge in [-0.3, -0.25) is 9.69 Å². The summed E-state index contributed by atoms with van der Waals surface area (Å²) < 4.78 is 8.09. The number of aryl methyl sites for hydroxylation is 3. The summed E-state index contributed by atoms with van der Waals surface area (Å²) in [6.45, 7) is 11.4. The number of likely N-dealkylation sites (tertiary alicyclic amines) is 2. The van der Waals surface area contributed by atoms with Crippen molar-refractivity contribution < 1.29 is 9.21 Å². The first-order valence-electron chi connectivity index (χ1n) is 13.4. The molecule has 0 saturated carbocycles. The van der Waals surface area contributed by atoms with E-state index in [1.54, 1.807) is 0 Å². The number of piperidine rings is 2. The highest BCUT2D eigenvalue weighted by atomic mass is 16.4. The molecule has 5 rings (SSSR count). The van der Waals surface area contributed by atoms with E-state index in [-0.39, 0.29) is 5.92 Å². The third-order valence-electron chi connectivity index (χ3n) is 7.94. The average Bonchev–Trinajstić information content (AvgIpc) is 3.51. The minimum absolute atomic E-state index is 0.141. The van der Waals surface area contributed by atoms with E-state index in [0.717, 1.165) is 94.2 Å². The van der Waals surface area contributed by atoms with Gasteiger partial charge in [-0.1, -0.05) is 17.7 Å². The lowest BCUT2D eigenvalue weighted by atomic mass is 9.90. The number of benzene rings is 1. The Bertz CT molecular complexity index is 1150. The molecule has 2 aliphatic heterocycles. The summed E-state index contributed by atoms with van der Waals surface area (Å²) in [7, 11) is 0. The van der Waals surface area contributed by atoms with E-state index in [4.69, 9.17) is 9.40 Å².